The second kappa shape index (κ2) is 7.99. The van der Waals surface area contributed by atoms with Gasteiger partial charge in [0.1, 0.15) is 0 Å². The van der Waals surface area contributed by atoms with E-state index in [0.29, 0.717) is 6.42 Å². The lowest BCUT2D eigenvalue weighted by atomic mass is 10.1. The van der Waals surface area contributed by atoms with Crippen molar-refractivity contribution < 1.29 is 4.79 Å². The van der Waals surface area contributed by atoms with Crippen LogP contribution in [-0.4, -0.2) is 43.0 Å². The Morgan fingerprint density at radius 3 is 3.08 bits per heavy atom. The number of hydrogen-bond acceptors (Lipinski definition) is 5. The van der Waals surface area contributed by atoms with E-state index in [2.05, 4.69) is 10.2 Å². The van der Waals surface area contributed by atoms with Gasteiger partial charge in [-0.2, -0.15) is 0 Å². The van der Waals surface area contributed by atoms with Gasteiger partial charge in [0, 0.05) is 30.2 Å². The fourth-order valence-corrected chi connectivity index (χ4v) is 6.80. The van der Waals surface area contributed by atoms with Crippen LogP contribution in [0.2, 0.25) is 0 Å². The minimum atomic E-state index is 0.0756. The molecular weight excluding hydrogens is 352 g/mol. The van der Waals surface area contributed by atoms with Gasteiger partial charge in [0.25, 0.3) is 0 Å². The molecule has 0 radical (unpaired) electrons. The molecule has 2 fully saturated rings. The second-order valence-electron chi connectivity index (χ2n) is 6.81. The molecule has 0 spiro atoms. The van der Waals surface area contributed by atoms with E-state index >= 15 is 0 Å². The van der Waals surface area contributed by atoms with Crippen LogP contribution < -0.4 is 0 Å². The summed E-state index contributed by atoms with van der Waals surface area (Å²) >= 11 is 0. The molecule has 5 nitrogen and oxygen atoms in total. The molecule has 0 N–H and O–H groups in total. The summed E-state index contributed by atoms with van der Waals surface area (Å²) in [6, 6.07) is 5.98. The summed E-state index contributed by atoms with van der Waals surface area (Å²) in [5.41, 5.74) is 0.851. The smallest absolute Gasteiger partial charge is 0.223 e. The van der Waals surface area contributed by atoms with E-state index < -0.39 is 0 Å². The average molecular weight is 377 g/mol. The molecule has 2 aromatic rings. The highest BCUT2D eigenvalue weighted by atomic mass is 33.1. The number of nitrogens with zero attached hydrogens (tertiary/aromatic N) is 4. The second-order valence-corrected chi connectivity index (χ2v) is 9.59. The average Bonchev–Trinajstić information content (AvgIpc) is 3.38. The zero-order valence-corrected chi connectivity index (χ0v) is 16.0. The van der Waals surface area contributed by atoms with Gasteiger partial charge in [-0.05, 0) is 44.2 Å². The summed E-state index contributed by atoms with van der Waals surface area (Å²) in [4.78, 5) is 14.8. The van der Waals surface area contributed by atoms with E-state index in [1.807, 2.05) is 55.3 Å². The van der Waals surface area contributed by atoms with Crippen LogP contribution in [-0.2, 0) is 4.79 Å². The molecule has 0 aliphatic carbocycles. The van der Waals surface area contributed by atoms with Crippen molar-refractivity contribution in [2.75, 3.05) is 12.3 Å². The van der Waals surface area contributed by atoms with Gasteiger partial charge < -0.3 is 4.90 Å². The van der Waals surface area contributed by atoms with Gasteiger partial charge in [-0.15, -0.1) is 10.2 Å². The normalized spacial score (nSPS) is 23.6. The van der Waals surface area contributed by atoms with Gasteiger partial charge >= 0.3 is 0 Å². The van der Waals surface area contributed by atoms with Crippen LogP contribution in [0.1, 0.15) is 56.8 Å². The molecule has 134 valence electrons. The highest BCUT2D eigenvalue weighted by Gasteiger charge is 2.32. The van der Waals surface area contributed by atoms with Crippen molar-refractivity contribution in [1.82, 2.24) is 19.5 Å². The fourth-order valence-electron chi connectivity index (χ4n) is 3.78. The first kappa shape index (κ1) is 17.2. The predicted molar refractivity (Wildman–Crippen MR) is 104 cm³/mol. The van der Waals surface area contributed by atoms with Crippen LogP contribution in [0, 0.1) is 0 Å². The molecule has 4 rings (SSSR count). The summed E-state index contributed by atoms with van der Waals surface area (Å²) < 4.78 is 2.02. The van der Waals surface area contributed by atoms with Crippen molar-refractivity contribution in [3.05, 3.63) is 30.2 Å². The van der Waals surface area contributed by atoms with Crippen LogP contribution in [0.25, 0.3) is 5.65 Å². The standard InChI is InChI=1S/C18H24N4OS2/c23-17(9-2-1-6-14-10-13-24-25-14)21-12-5-7-15(21)18-20-19-16-8-3-4-11-22(16)18/h3-4,8,11,14-15H,1-2,5-7,9-10,12-13H2/t14-,15+/m1/s1. The van der Waals surface area contributed by atoms with Crippen molar-refractivity contribution in [3.63, 3.8) is 0 Å². The van der Waals surface area contributed by atoms with Crippen molar-refractivity contribution in [3.8, 4) is 0 Å². The molecule has 2 aliphatic heterocycles. The summed E-state index contributed by atoms with van der Waals surface area (Å²) in [5, 5.41) is 9.43. The van der Waals surface area contributed by atoms with E-state index in [1.165, 1.54) is 18.6 Å². The summed E-state index contributed by atoms with van der Waals surface area (Å²) in [7, 11) is 4.02. The molecule has 7 heteroatoms. The Hall–Kier alpha value is -1.21. The molecule has 2 atom stereocenters. The summed E-state index contributed by atoms with van der Waals surface area (Å²) in [6.07, 6.45) is 9.44. The SMILES string of the molecule is O=C(CCCC[C@@H]1CCSS1)N1CCC[C@H]1c1nnc2ccccn12. The minimum absolute atomic E-state index is 0.0756. The van der Waals surface area contributed by atoms with Crippen molar-refractivity contribution in [2.45, 2.75) is 56.2 Å². The summed E-state index contributed by atoms with van der Waals surface area (Å²) in [5.74, 6) is 2.47. The zero-order valence-electron chi connectivity index (χ0n) is 14.3. The first-order valence-electron chi connectivity index (χ1n) is 9.20. The number of carbonyl (C=O) groups excluding carboxylic acids is 1. The third-order valence-electron chi connectivity index (χ3n) is 5.11. The van der Waals surface area contributed by atoms with E-state index in [1.54, 1.807) is 0 Å². The number of unbranched alkanes of at least 4 members (excludes halogenated alkanes) is 1. The first-order valence-corrected chi connectivity index (χ1v) is 11.6. The molecule has 0 unspecified atom stereocenters. The Balaban J connectivity index is 1.35. The van der Waals surface area contributed by atoms with Crippen LogP contribution in [0.4, 0.5) is 0 Å². The molecule has 4 heterocycles. The minimum Gasteiger partial charge on any atom is -0.332 e. The van der Waals surface area contributed by atoms with Gasteiger partial charge in [0.2, 0.25) is 5.91 Å². The van der Waals surface area contributed by atoms with Gasteiger partial charge in [-0.1, -0.05) is 34.1 Å². The van der Waals surface area contributed by atoms with E-state index in [9.17, 15) is 4.79 Å². The number of carbonyl (C=O) groups is 1. The maximum absolute atomic E-state index is 12.7. The predicted octanol–water partition coefficient (Wildman–Crippen LogP) is 4.11. The third kappa shape index (κ3) is 3.82. The number of pyridine rings is 1. The van der Waals surface area contributed by atoms with E-state index in [0.717, 1.165) is 48.9 Å². The lowest BCUT2D eigenvalue weighted by Crippen LogP contribution is -2.31. The first-order chi connectivity index (χ1) is 12.3. The lowest BCUT2D eigenvalue weighted by molar-refractivity contribution is -0.132. The molecular formula is C18H24N4OS2. The number of hydrogen-bond donors (Lipinski definition) is 0. The Bertz CT molecular complexity index is 729. The molecule has 0 bridgehead atoms. The number of amides is 1. The zero-order chi connectivity index (χ0) is 17.1. The van der Waals surface area contributed by atoms with Gasteiger partial charge in [0.15, 0.2) is 11.5 Å². The Morgan fingerprint density at radius 1 is 1.24 bits per heavy atom. The quantitative estimate of drug-likeness (QED) is 0.561. The topological polar surface area (TPSA) is 50.5 Å². The molecule has 2 saturated heterocycles. The van der Waals surface area contributed by atoms with E-state index in [-0.39, 0.29) is 11.9 Å². The molecule has 2 aromatic heterocycles. The Labute approximate surface area is 156 Å². The number of aromatic nitrogens is 3. The number of fused-ring (bicyclic) bond motifs is 1. The highest BCUT2D eigenvalue weighted by molar-refractivity contribution is 8.77. The third-order valence-corrected chi connectivity index (χ3v) is 8.11. The van der Waals surface area contributed by atoms with Crippen LogP contribution in [0.5, 0.6) is 0 Å². The molecule has 25 heavy (non-hydrogen) atoms. The van der Waals surface area contributed by atoms with Gasteiger partial charge in [-0.25, -0.2) is 0 Å². The monoisotopic (exact) mass is 376 g/mol. The fraction of sp³-hybridized carbons (Fsp3) is 0.611. The van der Waals surface area contributed by atoms with Gasteiger partial charge in [0.05, 0.1) is 6.04 Å². The lowest BCUT2D eigenvalue weighted by Gasteiger charge is -2.23. The van der Waals surface area contributed by atoms with Crippen LogP contribution >= 0.6 is 21.6 Å². The molecule has 0 saturated carbocycles. The maximum Gasteiger partial charge on any atom is 0.223 e. The number of rotatable bonds is 6. The van der Waals surface area contributed by atoms with Crippen molar-refractivity contribution >= 4 is 33.1 Å². The van der Waals surface area contributed by atoms with Crippen LogP contribution in [0.3, 0.4) is 0 Å². The van der Waals surface area contributed by atoms with Crippen LogP contribution in [0.15, 0.2) is 24.4 Å². The van der Waals surface area contributed by atoms with Crippen molar-refractivity contribution in [1.29, 1.82) is 0 Å². The Kier molecular flexibility index (Phi) is 5.51. The maximum atomic E-state index is 12.7. The largest absolute Gasteiger partial charge is 0.332 e. The number of likely N-dealkylation sites (tertiary alicyclic amines) is 1. The Morgan fingerprint density at radius 2 is 2.20 bits per heavy atom. The van der Waals surface area contributed by atoms with Crippen molar-refractivity contribution in [2.24, 2.45) is 0 Å². The highest BCUT2D eigenvalue weighted by Crippen LogP contribution is 2.40. The molecule has 0 aromatic carbocycles. The molecule has 2 aliphatic rings. The van der Waals surface area contributed by atoms with Gasteiger partial charge in [-0.3, -0.25) is 9.20 Å². The summed E-state index contributed by atoms with van der Waals surface area (Å²) in [6.45, 7) is 0.848. The van der Waals surface area contributed by atoms with E-state index in [4.69, 9.17) is 0 Å². The molecule has 1 amide bonds.